The number of hydrogen-bond donors (Lipinski definition) is 2. The number of carbonyl (C=O) groups excluding carboxylic acids is 1. The van der Waals surface area contributed by atoms with E-state index < -0.39 is 0 Å². The molecule has 5 heteroatoms. The zero-order valence-corrected chi connectivity index (χ0v) is 9.73. The van der Waals surface area contributed by atoms with Crippen LogP contribution >= 0.6 is 11.3 Å². The molecular weight excluding hydrogens is 210 g/mol. The Balaban J connectivity index is 1.84. The van der Waals surface area contributed by atoms with Gasteiger partial charge in [0.15, 0.2) is 5.13 Å². The molecule has 0 bridgehead atoms. The molecule has 1 aliphatic rings. The zero-order valence-electron chi connectivity index (χ0n) is 8.91. The predicted molar refractivity (Wildman–Crippen MR) is 61.1 cm³/mol. The third-order valence-electron chi connectivity index (χ3n) is 2.28. The molecule has 1 amide bonds. The second-order valence-corrected chi connectivity index (χ2v) is 4.80. The summed E-state index contributed by atoms with van der Waals surface area (Å²) >= 11 is 1.53. The van der Waals surface area contributed by atoms with Crippen molar-refractivity contribution in [3.63, 3.8) is 0 Å². The molecule has 1 unspecified atom stereocenters. The van der Waals surface area contributed by atoms with Crippen LogP contribution in [0.5, 0.6) is 0 Å². The molecule has 15 heavy (non-hydrogen) atoms. The molecule has 1 aromatic rings. The largest absolute Gasteiger partial charge is 0.352 e. The van der Waals surface area contributed by atoms with E-state index in [-0.39, 0.29) is 11.9 Å². The summed E-state index contributed by atoms with van der Waals surface area (Å²) in [6.07, 6.45) is 2.24. The van der Waals surface area contributed by atoms with E-state index in [9.17, 15) is 4.79 Å². The van der Waals surface area contributed by atoms with Gasteiger partial charge in [-0.3, -0.25) is 4.79 Å². The quantitative estimate of drug-likeness (QED) is 0.817. The van der Waals surface area contributed by atoms with E-state index >= 15 is 0 Å². The van der Waals surface area contributed by atoms with Gasteiger partial charge in [-0.2, -0.15) is 0 Å². The van der Waals surface area contributed by atoms with E-state index in [1.165, 1.54) is 11.3 Å². The second-order valence-electron chi connectivity index (χ2n) is 3.94. The molecule has 0 radical (unpaired) electrons. The minimum absolute atomic E-state index is 0.0605. The average Bonchev–Trinajstić information content (AvgIpc) is 2.90. The summed E-state index contributed by atoms with van der Waals surface area (Å²) in [5.74, 6) is 0.0605. The van der Waals surface area contributed by atoms with Gasteiger partial charge in [-0.25, -0.2) is 4.98 Å². The molecule has 1 heterocycles. The van der Waals surface area contributed by atoms with Crippen molar-refractivity contribution in [1.29, 1.82) is 0 Å². The van der Waals surface area contributed by atoms with Crippen LogP contribution in [0.4, 0.5) is 5.13 Å². The monoisotopic (exact) mass is 225 g/mol. The van der Waals surface area contributed by atoms with Gasteiger partial charge < -0.3 is 10.6 Å². The zero-order chi connectivity index (χ0) is 10.8. The third-order valence-corrected chi connectivity index (χ3v) is 3.17. The Morgan fingerprint density at radius 1 is 1.67 bits per heavy atom. The highest BCUT2D eigenvalue weighted by Gasteiger charge is 2.25. The summed E-state index contributed by atoms with van der Waals surface area (Å²) < 4.78 is 0. The Labute approximate surface area is 93.1 Å². The normalized spacial score (nSPS) is 17.2. The summed E-state index contributed by atoms with van der Waals surface area (Å²) in [4.78, 5) is 15.9. The Kier molecular flexibility index (Phi) is 2.90. The summed E-state index contributed by atoms with van der Waals surface area (Å²) in [6, 6.07) is 0.205. The molecule has 1 aromatic heterocycles. The van der Waals surface area contributed by atoms with Crippen molar-refractivity contribution in [3.05, 3.63) is 11.1 Å². The lowest BCUT2D eigenvalue weighted by Gasteiger charge is -2.12. The van der Waals surface area contributed by atoms with E-state index in [0.29, 0.717) is 6.04 Å². The van der Waals surface area contributed by atoms with Crippen molar-refractivity contribution in [2.24, 2.45) is 0 Å². The number of anilines is 1. The number of aromatic nitrogens is 1. The minimum Gasteiger partial charge on any atom is -0.352 e. The molecular formula is C10H15N3OS. The lowest BCUT2D eigenvalue weighted by atomic mass is 10.3. The van der Waals surface area contributed by atoms with Gasteiger partial charge in [-0.1, -0.05) is 0 Å². The van der Waals surface area contributed by atoms with Crippen LogP contribution in [-0.4, -0.2) is 23.0 Å². The number of nitrogens with zero attached hydrogens (tertiary/aromatic N) is 1. The lowest BCUT2D eigenvalue weighted by Crippen LogP contribution is -2.38. The van der Waals surface area contributed by atoms with Gasteiger partial charge >= 0.3 is 0 Å². The highest BCUT2D eigenvalue weighted by atomic mass is 32.1. The fraction of sp³-hybridized carbons (Fsp3) is 0.600. The van der Waals surface area contributed by atoms with E-state index in [1.54, 1.807) is 0 Å². The molecule has 4 nitrogen and oxygen atoms in total. The molecule has 1 aliphatic carbocycles. The number of aryl methyl sites for hydroxylation is 1. The first kappa shape index (κ1) is 10.4. The predicted octanol–water partition coefficient (Wildman–Crippen LogP) is 1.53. The maximum atomic E-state index is 11.6. The first-order valence-electron chi connectivity index (χ1n) is 5.14. The molecule has 0 saturated heterocycles. The minimum atomic E-state index is -0.212. The van der Waals surface area contributed by atoms with Crippen LogP contribution in [0.3, 0.4) is 0 Å². The standard InChI is InChI=1S/C10H15N3OS/c1-6-5-15-10(11-6)12-7(2)9(14)13-8-3-4-8/h5,7-8H,3-4H2,1-2H3,(H,11,12)(H,13,14). The number of thiazole rings is 1. The van der Waals surface area contributed by atoms with E-state index in [1.807, 2.05) is 19.2 Å². The molecule has 1 fully saturated rings. The van der Waals surface area contributed by atoms with E-state index in [2.05, 4.69) is 15.6 Å². The van der Waals surface area contributed by atoms with Crippen LogP contribution in [-0.2, 0) is 4.79 Å². The number of hydrogen-bond acceptors (Lipinski definition) is 4. The van der Waals surface area contributed by atoms with Crippen molar-refractivity contribution in [2.75, 3.05) is 5.32 Å². The highest BCUT2D eigenvalue weighted by Crippen LogP contribution is 2.19. The molecule has 0 spiro atoms. The summed E-state index contributed by atoms with van der Waals surface area (Å²) in [5, 5.41) is 8.82. The number of rotatable bonds is 4. The van der Waals surface area contributed by atoms with Crippen molar-refractivity contribution in [3.8, 4) is 0 Å². The number of amides is 1. The van der Waals surface area contributed by atoms with Crippen LogP contribution in [0.1, 0.15) is 25.5 Å². The Morgan fingerprint density at radius 2 is 2.40 bits per heavy atom. The Morgan fingerprint density at radius 3 is 2.93 bits per heavy atom. The van der Waals surface area contributed by atoms with Crippen LogP contribution in [0.2, 0.25) is 0 Å². The number of nitrogens with one attached hydrogen (secondary N) is 2. The Hall–Kier alpha value is -1.10. The van der Waals surface area contributed by atoms with Gasteiger partial charge in [0.2, 0.25) is 5.91 Å². The fourth-order valence-electron chi connectivity index (χ4n) is 1.22. The first-order valence-corrected chi connectivity index (χ1v) is 6.02. The average molecular weight is 225 g/mol. The van der Waals surface area contributed by atoms with Crippen molar-refractivity contribution in [2.45, 2.75) is 38.8 Å². The molecule has 0 aliphatic heterocycles. The molecule has 0 aromatic carbocycles. The van der Waals surface area contributed by atoms with Crippen LogP contribution < -0.4 is 10.6 Å². The van der Waals surface area contributed by atoms with Gasteiger partial charge in [0.1, 0.15) is 6.04 Å². The number of carbonyl (C=O) groups is 1. The SMILES string of the molecule is Cc1csc(NC(C)C(=O)NC2CC2)n1. The van der Waals surface area contributed by atoms with Gasteiger partial charge in [-0.05, 0) is 26.7 Å². The molecule has 1 atom stereocenters. The topological polar surface area (TPSA) is 54.0 Å². The maximum absolute atomic E-state index is 11.6. The van der Waals surface area contributed by atoms with Crippen LogP contribution in [0, 0.1) is 6.92 Å². The van der Waals surface area contributed by atoms with Gasteiger partial charge in [0.25, 0.3) is 0 Å². The van der Waals surface area contributed by atoms with Crippen LogP contribution in [0.25, 0.3) is 0 Å². The second kappa shape index (κ2) is 4.18. The van der Waals surface area contributed by atoms with E-state index in [4.69, 9.17) is 0 Å². The van der Waals surface area contributed by atoms with Gasteiger partial charge in [-0.15, -0.1) is 11.3 Å². The molecule has 1 saturated carbocycles. The van der Waals surface area contributed by atoms with Gasteiger partial charge in [0.05, 0.1) is 5.69 Å². The molecule has 2 rings (SSSR count). The van der Waals surface area contributed by atoms with Gasteiger partial charge in [0, 0.05) is 11.4 Å². The summed E-state index contributed by atoms with van der Waals surface area (Å²) in [7, 11) is 0. The van der Waals surface area contributed by atoms with E-state index in [0.717, 1.165) is 23.7 Å². The van der Waals surface area contributed by atoms with Crippen molar-refractivity contribution in [1.82, 2.24) is 10.3 Å². The van der Waals surface area contributed by atoms with Crippen molar-refractivity contribution < 1.29 is 4.79 Å². The fourth-order valence-corrected chi connectivity index (χ4v) is 2.00. The van der Waals surface area contributed by atoms with Crippen LogP contribution in [0.15, 0.2) is 5.38 Å². The molecule has 82 valence electrons. The smallest absolute Gasteiger partial charge is 0.242 e. The summed E-state index contributed by atoms with van der Waals surface area (Å²) in [6.45, 7) is 3.80. The Bertz CT molecular complexity index is 359. The maximum Gasteiger partial charge on any atom is 0.242 e. The lowest BCUT2D eigenvalue weighted by molar-refractivity contribution is -0.121. The third kappa shape index (κ3) is 2.92. The highest BCUT2D eigenvalue weighted by molar-refractivity contribution is 7.13. The molecule has 2 N–H and O–H groups in total. The first-order chi connectivity index (χ1) is 7.15. The summed E-state index contributed by atoms with van der Waals surface area (Å²) in [5.41, 5.74) is 0.984. The van der Waals surface area contributed by atoms with Crippen molar-refractivity contribution >= 4 is 22.4 Å².